The van der Waals surface area contributed by atoms with Crippen LogP contribution in [0.3, 0.4) is 0 Å². The molecule has 0 spiro atoms. The smallest absolute Gasteiger partial charge is 0.188 e. The van der Waals surface area contributed by atoms with Crippen molar-refractivity contribution in [2.75, 3.05) is 31.1 Å². The highest BCUT2D eigenvalue weighted by molar-refractivity contribution is 7.16. The maximum atomic E-state index is 8.97. The minimum atomic E-state index is 0.342. The Kier molecular flexibility index (Phi) is 5.44. The highest BCUT2D eigenvalue weighted by atomic mass is 35.5. The van der Waals surface area contributed by atoms with Gasteiger partial charge in [-0.05, 0) is 38.3 Å². The molecule has 0 bridgehead atoms. The van der Waals surface area contributed by atoms with E-state index in [2.05, 4.69) is 28.2 Å². The van der Waals surface area contributed by atoms with Crippen LogP contribution in [0.25, 0.3) is 0 Å². The quantitative estimate of drug-likeness (QED) is 0.908. The van der Waals surface area contributed by atoms with E-state index in [0.717, 1.165) is 37.7 Å². The Hall–Kier alpha value is -0.830. The van der Waals surface area contributed by atoms with Gasteiger partial charge in [0.25, 0.3) is 0 Å². The van der Waals surface area contributed by atoms with E-state index >= 15 is 0 Å². The fourth-order valence-corrected chi connectivity index (χ4v) is 3.48. The van der Waals surface area contributed by atoms with E-state index in [4.69, 9.17) is 16.9 Å². The number of hydrogen-bond acceptors (Lipinski definition) is 5. The summed E-state index contributed by atoms with van der Waals surface area (Å²) in [7, 11) is 0. The summed E-state index contributed by atoms with van der Waals surface area (Å²) in [6, 6.07) is 2.10. The van der Waals surface area contributed by atoms with Gasteiger partial charge >= 0.3 is 0 Å². The molecule has 6 heteroatoms. The van der Waals surface area contributed by atoms with Gasteiger partial charge in [-0.3, -0.25) is 0 Å². The molecule has 1 saturated heterocycles. The molecular formula is C13H19ClN4S. The molecule has 0 atom stereocenters. The Bertz CT molecular complexity index is 448. The molecule has 1 aromatic rings. The molecule has 0 unspecified atom stereocenters. The minimum absolute atomic E-state index is 0.342. The second-order valence-corrected chi connectivity index (χ2v) is 6.20. The highest BCUT2D eigenvalue weighted by Crippen LogP contribution is 2.30. The van der Waals surface area contributed by atoms with Gasteiger partial charge in [-0.25, -0.2) is 4.98 Å². The van der Waals surface area contributed by atoms with Gasteiger partial charge in [-0.1, -0.05) is 29.9 Å². The molecule has 0 aromatic carbocycles. The van der Waals surface area contributed by atoms with Crippen LogP contribution < -0.4 is 10.2 Å². The van der Waals surface area contributed by atoms with Gasteiger partial charge in [0.15, 0.2) is 10.3 Å². The fraction of sp³-hybridized carbons (Fsp3) is 0.692. The predicted octanol–water partition coefficient (Wildman–Crippen LogP) is 2.88. The van der Waals surface area contributed by atoms with Crippen molar-refractivity contribution in [2.24, 2.45) is 5.92 Å². The molecule has 1 aliphatic rings. The van der Waals surface area contributed by atoms with Crippen LogP contribution in [-0.2, 0) is 0 Å². The molecule has 4 nitrogen and oxygen atoms in total. The van der Waals surface area contributed by atoms with Gasteiger partial charge in [0.05, 0.1) is 0 Å². The normalized spacial score (nSPS) is 16.3. The molecule has 1 aliphatic heterocycles. The topological polar surface area (TPSA) is 52.0 Å². The summed E-state index contributed by atoms with van der Waals surface area (Å²) >= 11 is 7.37. The number of aromatic nitrogens is 1. The molecule has 19 heavy (non-hydrogen) atoms. The highest BCUT2D eigenvalue weighted by Gasteiger charge is 2.20. The summed E-state index contributed by atoms with van der Waals surface area (Å²) in [6.07, 6.45) is 3.50. The van der Waals surface area contributed by atoms with Crippen LogP contribution in [0.1, 0.15) is 31.1 Å². The van der Waals surface area contributed by atoms with E-state index in [1.54, 1.807) is 0 Å². The maximum Gasteiger partial charge on any atom is 0.188 e. The van der Waals surface area contributed by atoms with Gasteiger partial charge < -0.3 is 10.2 Å². The minimum Gasteiger partial charge on any atom is -0.348 e. The molecule has 2 rings (SSSR count). The lowest BCUT2D eigenvalue weighted by molar-refractivity contribution is 0.373. The summed E-state index contributed by atoms with van der Waals surface area (Å²) in [6.45, 7) is 6.36. The summed E-state index contributed by atoms with van der Waals surface area (Å²) in [5.74, 6) is 0.709. The number of nitrogens with zero attached hydrogens (tertiary/aromatic N) is 3. The van der Waals surface area contributed by atoms with Gasteiger partial charge in [0.2, 0.25) is 0 Å². The number of rotatable bonds is 5. The van der Waals surface area contributed by atoms with Crippen LogP contribution >= 0.6 is 22.9 Å². The molecule has 1 N–H and O–H groups in total. The van der Waals surface area contributed by atoms with E-state index in [1.807, 2.05) is 0 Å². The van der Waals surface area contributed by atoms with Crippen LogP contribution in [0.4, 0.5) is 5.13 Å². The first kappa shape index (κ1) is 14.6. The molecular weight excluding hydrogens is 280 g/mol. The lowest BCUT2D eigenvalue weighted by Gasteiger charge is -2.29. The van der Waals surface area contributed by atoms with Crippen molar-refractivity contribution in [2.45, 2.75) is 26.2 Å². The van der Waals surface area contributed by atoms with Crippen molar-refractivity contribution in [3.8, 4) is 6.07 Å². The number of piperidine rings is 1. The van der Waals surface area contributed by atoms with Crippen molar-refractivity contribution >= 4 is 28.1 Å². The van der Waals surface area contributed by atoms with Gasteiger partial charge in [0.1, 0.15) is 10.9 Å². The third kappa shape index (κ3) is 3.82. The summed E-state index contributed by atoms with van der Waals surface area (Å²) < 4.78 is 0. The second kappa shape index (κ2) is 7.09. The van der Waals surface area contributed by atoms with Crippen LogP contribution in [0.5, 0.6) is 0 Å². The SMILES string of the molecule is CCCN(CC1CCNCC1)c1nc(Cl)c(C#N)s1. The molecule has 1 aromatic heterocycles. The van der Waals surface area contributed by atoms with E-state index in [9.17, 15) is 0 Å². The summed E-state index contributed by atoms with van der Waals surface area (Å²) in [5, 5.41) is 13.6. The fourth-order valence-electron chi connectivity index (χ4n) is 2.41. The number of thiazole rings is 1. The first-order chi connectivity index (χ1) is 9.24. The molecule has 2 heterocycles. The zero-order valence-corrected chi connectivity index (χ0v) is 12.7. The first-order valence-corrected chi connectivity index (χ1v) is 7.96. The number of halogens is 1. The molecule has 0 radical (unpaired) electrons. The van der Waals surface area contributed by atoms with Crippen molar-refractivity contribution in [1.29, 1.82) is 5.26 Å². The predicted molar refractivity (Wildman–Crippen MR) is 79.9 cm³/mol. The number of nitriles is 1. The van der Waals surface area contributed by atoms with E-state index < -0.39 is 0 Å². The molecule has 0 aliphatic carbocycles. The maximum absolute atomic E-state index is 8.97. The third-order valence-electron chi connectivity index (χ3n) is 3.38. The van der Waals surface area contributed by atoms with E-state index in [0.29, 0.717) is 15.9 Å². The van der Waals surface area contributed by atoms with Gasteiger partial charge in [-0.2, -0.15) is 5.26 Å². The largest absolute Gasteiger partial charge is 0.348 e. The van der Waals surface area contributed by atoms with E-state index in [-0.39, 0.29) is 0 Å². The average molecular weight is 299 g/mol. The lowest BCUT2D eigenvalue weighted by atomic mass is 9.97. The Labute approximate surface area is 123 Å². The van der Waals surface area contributed by atoms with Crippen molar-refractivity contribution in [1.82, 2.24) is 10.3 Å². The Morgan fingerprint density at radius 3 is 2.84 bits per heavy atom. The Morgan fingerprint density at radius 1 is 1.53 bits per heavy atom. The molecule has 104 valence electrons. The van der Waals surface area contributed by atoms with Crippen LogP contribution in [0.2, 0.25) is 5.15 Å². The molecule has 1 fully saturated rings. The van der Waals surface area contributed by atoms with E-state index in [1.165, 1.54) is 24.2 Å². The van der Waals surface area contributed by atoms with Gasteiger partial charge in [0, 0.05) is 13.1 Å². The standard InChI is InChI=1S/C13H19ClN4S/c1-2-7-18(9-10-3-5-16-6-4-10)13-17-12(14)11(8-15)19-13/h10,16H,2-7,9H2,1H3. The zero-order chi connectivity index (χ0) is 13.7. The zero-order valence-electron chi connectivity index (χ0n) is 11.2. The first-order valence-electron chi connectivity index (χ1n) is 6.76. The monoisotopic (exact) mass is 298 g/mol. The number of anilines is 1. The third-order valence-corrected chi connectivity index (χ3v) is 4.78. The van der Waals surface area contributed by atoms with Crippen molar-refractivity contribution in [3.63, 3.8) is 0 Å². The Morgan fingerprint density at radius 2 is 2.26 bits per heavy atom. The van der Waals surface area contributed by atoms with Crippen LogP contribution in [0.15, 0.2) is 0 Å². The van der Waals surface area contributed by atoms with Gasteiger partial charge in [-0.15, -0.1) is 0 Å². The summed E-state index contributed by atoms with van der Waals surface area (Å²) in [5.41, 5.74) is 0. The van der Waals surface area contributed by atoms with Crippen molar-refractivity contribution < 1.29 is 0 Å². The Balaban J connectivity index is 2.07. The molecule has 0 saturated carbocycles. The average Bonchev–Trinajstić information content (AvgIpc) is 2.81. The molecule has 0 amide bonds. The van der Waals surface area contributed by atoms with Crippen LogP contribution in [-0.4, -0.2) is 31.2 Å². The summed E-state index contributed by atoms with van der Waals surface area (Å²) in [4.78, 5) is 7.14. The lowest BCUT2D eigenvalue weighted by Crippen LogP contribution is -2.36. The second-order valence-electron chi connectivity index (χ2n) is 4.87. The number of nitrogens with one attached hydrogen (secondary N) is 1. The number of hydrogen-bond donors (Lipinski definition) is 1. The van der Waals surface area contributed by atoms with Crippen molar-refractivity contribution in [3.05, 3.63) is 10.0 Å². The van der Waals surface area contributed by atoms with Crippen LogP contribution in [0, 0.1) is 17.2 Å².